The van der Waals surface area contributed by atoms with Gasteiger partial charge in [0.2, 0.25) is 0 Å². The molecule has 0 bridgehead atoms. The Balaban J connectivity index is 1.81. The molecule has 0 unspecified atom stereocenters. The van der Waals surface area contributed by atoms with E-state index in [2.05, 4.69) is 105 Å². The summed E-state index contributed by atoms with van der Waals surface area (Å²) in [5.41, 5.74) is 5.70. The van der Waals surface area contributed by atoms with Crippen LogP contribution in [-0.2, 0) is 28.2 Å². The van der Waals surface area contributed by atoms with Crippen LogP contribution in [0.3, 0.4) is 0 Å². The van der Waals surface area contributed by atoms with E-state index < -0.39 is 21.8 Å². The van der Waals surface area contributed by atoms with Gasteiger partial charge in [-0.25, -0.2) is 0 Å². The molecule has 0 spiro atoms. The molecule has 0 amide bonds. The predicted molar refractivity (Wildman–Crippen MR) is 113 cm³/mol. The van der Waals surface area contributed by atoms with Gasteiger partial charge in [0.25, 0.3) is 0 Å². The van der Waals surface area contributed by atoms with Crippen molar-refractivity contribution in [2.45, 2.75) is 26.7 Å². The Kier molecular flexibility index (Phi) is 5.70. The second kappa shape index (κ2) is 8.36. The average molecular weight is 429 g/mol. The van der Waals surface area contributed by atoms with Gasteiger partial charge in [-0.2, -0.15) is 0 Å². The molecule has 133 valence electrons. The molecule has 0 nitrogen and oxygen atoms in total. The summed E-state index contributed by atoms with van der Waals surface area (Å²) in [6, 6.07) is 29.4. The third kappa shape index (κ3) is 4.31. The average Bonchev–Trinajstić information content (AvgIpc) is 3.11. The van der Waals surface area contributed by atoms with Crippen LogP contribution in [0.5, 0.6) is 0 Å². The molecule has 1 heteroatoms. The van der Waals surface area contributed by atoms with E-state index in [1.807, 2.05) is 0 Å². The molecule has 0 radical (unpaired) electrons. The molecular formula is C26H25Zr. The van der Waals surface area contributed by atoms with Crippen molar-refractivity contribution < 1.29 is 21.8 Å². The molecule has 1 aliphatic rings. The molecule has 0 aliphatic heterocycles. The summed E-state index contributed by atoms with van der Waals surface area (Å²) in [5, 5.41) is 0. The van der Waals surface area contributed by atoms with E-state index in [9.17, 15) is 0 Å². The van der Waals surface area contributed by atoms with Crippen molar-refractivity contribution in [3.05, 3.63) is 117 Å². The standard InChI is InChI=1S/C12H11.2C7H7.Zr/c1-2-6-11(7-3-1)10-12-8-4-5-9-12;2*1-7-5-3-2-4-6-7;/h1-4,6-8H,5,10H2;2*2-3,5-6H,1H3;. The van der Waals surface area contributed by atoms with E-state index in [1.165, 1.54) is 16.7 Å². The van der Waals surface area contributed by atoms with E-state index in [1.54, 1.807) is 15.4 Å². The third-order valence-corrected chi connectivity index (χ3v) is 12.3. The summed E-state index contributed by atoms with van der Waals surface area (Å²) < 4.78 is 4.91. The fourth-order valence-electron chi connectivity index (χ4n) is 3.91. The molecule has 0 aromatic heterocycles. The van der Waals surface area contributed by atoms with Gasteiger partial charge in [0.1, 0.15) is 0 Å². The Morgan fingerprint density at radius 3 is 1.96 bits per heavy atom. The van der Waals surface area contributed by atoms with Gasteiger partial charge in [-0.3, -0.25) is 0 Å². The van der Waals surface area contributed by atoms with Gasteiger partial charge >= 0.3 is 172 Å². The monoisotopic (exact) mass is 427 g/mol. The van der Waals surface area contributed by atoms with Crippen molar-refractivity contribution >= 4 is 6.54 Å². The van der Waals surface area contributed by atoms with Crippen LogP contribution in [0.25, 0.3) is 0 Å². The van der Waals surface area contributed by atoms with Crippen molar-refractivity contribution in [1.29, 1.82) is 0 Å². The number of hydrogen-bond donors (Lipinski definition) is 0. The van der Waals surface area contributed by atoms with Gasteiger partial charge in [-0.15, -0.1) is 0 Å². The zero-order chi connectivity index (χ0) is 18.6. The molecule has 3 aromatic rings. The molecule has 1 aliphatic carbocycles. The van der Waals surface area contributed by atoms with Gasteiger partial charge in [0, 0.05) is 0 Å². The third-order valence-electron chi connectivity index (χ3n) is 5.18. The summed E-state index contributed by atoms with van der Waals surface area (Å²) >= 11 is -2.17. The van der Waals surface area contributed by atoms with Gasteiger partial charge in [-0.05, 0) is 0 Å². The molecule has 0 heterocycles. The van der Waals surface area contributed by atoms with E-state index >= 15 is 0 Å². The number of hydrogen-bond acceptors (Lipinski definition) is 0. The zero-order valence-electron chi connectivity index (χ0n) is 16.1. The van der Waals surface area contributed by atoms with Gasteiger partial charge in [0.15, 0.2) is 0 Å². The first kappa shape index (κ1) is 18.4. The Morgan fingerprint density at radius 1 is 0.741 bits per heavy atom. The Hall–Kier alpha value is -1.98. The Morgan fingerprint density at radius 2 is 1.37 bits per heavy atom. The van der Waals surface area contributed by atoms with Crippen LogP contribution in [0.2, 0.25) is 0 Å². The minimum atomic E-state index is -2.17. The summed E-state index contributed by atoms with van der Waals surface area (Å²) in [6.07, 6.45) is 6.93. The zero-order valence-corrected chi connectivity index (χ0v) is 18.5. The van der Waals surface area contributed by atoms with Gasteiger partial charge in [0.05, 0.1) is 0 Å². The SMILES string of the molecule is Cc1ccc[c]([Zr]([C]2=C(Cc3ccccc3)C=CC2)[c]2cccc(C)c2)c1. The van der Waals surface area contributed by atoms with E-state index in [0.717, 1.165) is 12.8 Å². The molecule has 3 aromatic carbocycles. The van der Waals surface area contributed by atoms with Crippen LogP contribution >= 0.6 is 0 Å². The van der Waals surface area contributed by atoms with E-state index in [-0.39, 0.29) is 0 Å². The molecule has 0 saturated carbocycles. The number of rotatable bonds is 5. The molecule has 0 N–H and O–H groups in total. The normalized spacial score (nSPS) is 13.3. The topological polar surface area (TPSA) is 0 Å². The van der Waals surface area contributed by atoms with Gasteiger partial charge in [-0.1, -0.05) is 0 Å². The first-order valence-corrected chi connectivity index (χ1v) is 13.3. The van der Waals surface area contributed by atoms with Crippen LogP contribution < -0.4 is 6.54 Å². The van der Waals surface area contributed by atoms with Gasteiger partial charge < -0.3 is 0 Å². The quantitative estimate of drug-likeness (QED) is 0.515. The predicted octanol–water partition coefficient (Wildman–Crippen LogP) is 5.33. The summed E-state index contributed by atoms with van der Waals surface area (Å²) in [6.45, 7) is 4.43. The van der Waals surface area contributed by atoms with Crippen LogP contribution in [-0.4, -0.2) is 0 Å². The molecule has 4 rings (SSSR count). The van der Waals surface area contributed by atoms with Crippen LogP contribution in [0.15, 0.2) is 99.9 Å². The molecule has 0 fully saturated rings. The fourth-order valence-corrected chi connectivity index (χ4v) is 11.6. The minimum absolute atomic E-state index is 1.05. The Labute approximate surface area is 171 Å². The number of aryl methyl sites for hydroxylation is 2. The van der Waals surface area contributed by atoms with Crippen molar-refractivity contribution in [3.8, 4) is 0 Å². The van der Waals surface area contributed by atoms with Crippen molar-refractivity contribution in [3.63, 3.8) is 0 Å². The number of allylic oxidation sites excluding steroid dienone is 4. The van der Waals surface area contributed by atoms with Crippen LogP contribution in [0, 0.1) is 13.8 Å². The number of benzene rings is 3. The summed E-state index contributed by atoms with van der Waals surface area (Å²) in [7, 11) is 0. The van der Waals surface area contributed by atoms with Crippen molar-refractivity contribution in [1.82, 2.24) is 0 Å². The molecule has 0 saturated heterocycles. The Bertz CT molecular complexity index is 950. The molecular weight excluding hydrogens is 404 g/mol. The van der Waals surface area contributed by atoms with E-state index in [0.29, 0.717) is 0 Å². The molecule has 27 heavy (non-hydrogen) atoms. The maximum atomic E-state index is 2.43. The first-order chi connectivity index (χ1) is 13.2. The summed E-state index contributed by atoms with van der Waals surface area (Å²) in [4.78, 5) is 0. The maximum absolute atomic E-state index is 2.43. The van der Waals surface area contributed by atoms with Crippen LogP contribution in [0.4, 0.5) is 0 Å². The second-order valence-electron chi connectivity index (χ2n) is 7.39. The second-order valence-corrected chi connectivity index (χ2v) is 13.6. The van der Waals surface area contributed by atoms with Crippen molar-refractivity contribution in [2.24, 2.45) is 0 Å². The van der Waals surface area contributed by atoms with Crippen molar-refractivity contribution in [2.75, 3.05) is 0 Å². The molecule has 0 atom stereocenters. The summed E-state index contributed by atoms with van der Waals surface area (Å²) in [5.74, 6) is 0. The fraction of sp³-hybridized carbons (Fsp3) is 0.154. The van der Waals surface area contributed by atoms with Crippen LogP contribution in [0.1, 0.15) is 23.1 Å². The first-order valence-electron chi connectivity index (χ1n) is 9.64. The van der Waals surface area contributed by atoms with E-state index in [4.69, 9.17) is 0 Å².